The molecule has 0 heterocycles. The topological polar surface area (TPSA) is 77.8 Å². The molecule has 0 amide bonds. The van der Waals surface area contributed by atoms with Gasteiger partial charge in [0.25, 0.3) is 0 Å². The van der Waals surface area contributed by atoms with Gasteiger partial charge in [0.05, 0.1) is 0 Å². The van der Waals surface area contributed by atoms with Gasteiger partial charge in [-0.05, 0) is 37.1 Å². The zero-order valence-corrected chi connectivity index (χ0v) is 11.3. The lowest BCUT2D eigenvalue weighted by atomic mass is 9.89. The van der Waals surface area contributed by atoms with E-state index in [1.54, 1.807) is 24.3 Å². The highest BCUT2D eigenvalue weighted by Gasteiger charge is 2.27. The molecule has 0 aliphatic heterocycles. The monoisotopic (exact) mass is 272 g/mol. The molecule has 2 rings (SSSR count). The third-order valence-corrected chi connectivity index (χ3v) is 3.24. The lowest BCUT2D eigenvalue weighted by molar-refractivity contribution is -0.137. The first-order chi connectivity index (χ1) is 9.40. The van der Waals surface area contributed by atoms with Crippen molar-refractivity contribution >= 4 is 5.97 Å². The molecule has 0 unspecified atom stereocenters. The van der Waals surface area contributed by atoms with Gasteiger partial charge in [-0.2, -0.15) is 0 Å². The molecule has 3 N–H and O–H groups in total. The SMILES string of the molecule is Cc1ccc(C(C(=O)O)c2ccc(C)cc2O)c(O)c1. The maximum atomic E-state index is 11.6. The number of hydrogen-bond acceptors (Lipinski definition) is 3. The van der Waals surface area contributed by atoms with Crippen LogP contribution in [-0.4, -0.2) is 21.3 Å². The largest absolute Gasteiger partial charge is 0.508 e. The third kappa shape index (κ3) is 2.59. The number of aliphatic carboxylic acids is 1. The Hall–Kier alpha value is -2.49. The lowest BCUT2D eigenvalue weighted by Gasteiger charge is -2.16. The summed E-state index contributed by atoms with van der Waals surface area (Å²) in [5.74, 6) is -2.39. The summed E-state index contributed by atoms with van der Waals surface area (Å²) in [6.07, 6.45) is 0. The number of carbonyl (C=O) groups is 1. The fraction of sp³-hybridized carbons (Fsp3) is 0.188. The molecule has 0 fully saturated rings. The fourth-order valence-corrected chi connectivity index (χ4v) is 2.23. The second-order valence-corrected chi connectivity index (χ2v) is 4.90. The summed E-state index contributed by atoms with van der Waals surface area (Å²) >= 11 is 0. The molecule has 0 bridgehead atoms. The molecule has 0 spiro atoms. The maximum Gasteiger partial charge on any atom is 0.315 e. The van der Waals surface area contributed by atoms with Gasteiger partial charge in [0, 0.05) is 11.1 Å². The van der Waals surface area contributed by atoms with E-state index in [0.29, 0.717) is 0 Å². The quantitative estimate of drug-likeness (QED) is 0.802. The highest BCUT2D eigenvalue weighted by molar-refractivity contribution is 5.82. The van der Waals surface area contributed by atoms with Crippen LogP contribution >= 0.6 is 0 Å². The molecule has 4 heteroatoms. The Morgan fingerprint density at radius 2 is 1.30 bits per heavy atom. The summed E-state index contributed by atoms with van der Waals surface area (Å²) in [5, 5.41) is 29.4. The molecule has 0 saturated carbocycles. The van der Waals surface area contributed by atoms with E-state index in [0.717, 1.165) is 11.1 Å². The molecule has 20 heavy (non-hydrogen) atoms. The Balaban J connectivity index is 2.59. The van der Waals surface area contributed by atoms with Crippen molar-refractivity contribution in [2.75, 3.05) is 0 Å². The number of carboxylic acid groups (broad SMARTS) is 1. The molecule has 0 saturated heterocycles. The highest BCUT2D eigenvalue weighted by Crippen LogP contribution is 2.36. The van der Waals surface area contributed by atoms with Crippen molar-refractivity contribution in [3.8, 4) is 11.5 Å². The molecule has 0 aromatic heterocycles. The van der Waals surface area contributed by atoms with Gasteiger partial charge < -0.3 is 15.3 Å². The maximum absolute atomic E-state index is 11.6. The summed E-state index contributed by atoms with van der Waals surface area (Å²) in [5.41, 5.74) is 2.21. The molecular weight excluding hydrogens is 256 g/mol. The summed E-state index contributed by atoms with van der Waals surface area (Å²) in [6, 6.07) is 9.63. The lowest BCUT2D eigenvalue weighted by Crippen LogP contribution is -2.13. The first-order valence-corrected chi connectivity index (χ1v) is 6.22. The molecule has 0 aliphatic rings. The van der Waals surface area contributed by atoms with E-state index in [1.165, 1.54) is 12.1 Å². The van der Waals surface area contributed by atoms with Gasteiger partial charge in [0.1, 0.15) is 17.4 Å². The number of phenols is 2. The highest BCUT2D eigenvalue weighted by atomic mass is 16.4. The average molecular weight is 272 g/mol. The smallest absolute Gasteiger partial charge is 0.315 e. The van der Waals surface area contributed by atoms with Crippen molar-refractivity contribution < 1.29 is 20.1 Å². The van der Waals surface area contributed by atoms with Crippen molar-refractivity contribution in [3.05, 3.63) is 58.7 Å². The summed E-state index contributed by atoms with van der Waals surface area (Å²) in [7, 11) is 0. The minimum Gasteiger partial charge on any atom is -0.508 e. The van der Waals surface area contributed by atoms with Crippen molar-refractivity contribution in [1.82, 2.24) is 0 Å². The number of aromatic hydroxyl groups is 2. The van der Waals surface area contributed by atoms with Gasteiger partial charge in [-0.15, -0.1) is 0 Å². The molecule has 2 aromatic rings. The summed E-state index contributed by atoms with van der Waals surface area (Å²) < 4.78 is 0. The van der Waals surface area contributed by atoms with Gasteiger partial charge in [-0.1, -0.05) is 24.3 Å². The molecule has 2 aromatic carbocycles. The van der Waals surface area contributed by atoms with Crippen molar-refractivity contribution in [2.24, 2.45) is 0 Å². The van der Waals surface area contributed by atoms with E-state index in [9.17, 15) is 20.1 Å². The number of hydrogen-bond donors (Lipinski definition) is 3. The molecule has 4 nitrogen and oxygen atoms in total. The van der Waals surface area contributed by atoms with Gasteiger partial charge in [0.15, 0.2) is 0 Å². The van der Waals surface area contributed by atoms with Crippen LogP contribution in [-0.2, 0) is 4.79 Å². The van der Waals surface area contributed by atoms with Crippen LogP contribution in [0.2, 0.25) is 0 Å². The predicted molar refractivity (Wildman–Crippen MR) is 75.2 cm³/mol. The minimum atomic E-state index is -1.12. The van der Waals surface area contributed by atoms with E-state index in [2.05, 4.69) is 0 Å². The zero-order valence-electron chi connectivity index (χ0n) is 11.3. The normalized spacial score (nSPS) is 10.8. The molecule has 0 radical (unpaired) electrons. The van der Waals surface area contributed by atoms with Gasteiger partial charge in [-0.3, -0.25) is 4.79 Å². The molecule has 0 atom stereocenters. The fourth-order valence-electron chi connectivity index (χ4n) is 2.23. The van der Waals surface area contributed by atoms with Gasteiger partial charge >= 0.3 is 5.97 Å². The van der Waals surface area contributed by atoms with E-state index in [1.807, 2.05) is 13.8 Å². The van der Waals surface area contributed by atoms with Crippen molar-refractivity contribution in [1.29, 1.82) is 0 Å². The predicted octanol–water partition coefficient (Wildman–Crippen LogP) is 2.93. The summed E-state index contributed by atoms with van der Waals surface area (Å²) in [6.45, 7) is 3.62. The van der Waals surface area contributed by atoms with Crippen LogP contribution in [0.1, 0.15) is 28.2 Å². The number of phenolic OH excluding ortho intramolecular Hbond substituents is 2. The first kappa shape index (κ1) is 13.9. The van der Waals surface area contributed by atoms with Crippen LogP contribution in [0, 0.1) is 13.8 Å². The number of rotatable bonds is 3. The van der Waals surface area contributed by atoms with Crippen molar-refractivity contribution in [3.63, 3.8) is 0 Å². The number of carboxylic acids is 1. The van der Waals surface area contributed by atoms with Crippen molar-refractivity contribution in [2.45, 2.75) is 19.8 Å². The van der Waals surface area contributed by atoms with Crippen LogP contribution in [0.15, 0.2) is 36.4 Å². The summed E-state index contributed by atoms with van der Waals surface area (Å²) in [4.78, 5) is 11.6. The first-order valence-electron chi connectivity index (χ1n) is 6.22. The van der Waals surface area contributed by atoms with E-state index < -0.39 is 11.9 Å². The van der Waals surface area contributed by atoms with Crippen LogP contribution in [0.4, 0.5) is 0 Å². The second-order valence-electron chi connectivity index (χ2n) is 4.90. The second kappa shape index (κ2) is 5.25. The van der Waals surface area contributed by atoms with Gasteiger partial charge in [-0.25, -0.2) is 0 Å². The van der Waals surface area contributed by atoms with E-state index in [4.69, 9.17) is 0 Å². The Bertz CT molecular complexity index is 610. The van der Waals surface area contributed by atoms with E-state index >= 15 is 0 Å². The van der Waals surface area contributed by atoms with Gasteiger partial charge in [0.2, 0.25) is 0 Å². The molecule has 104 valence electrons. The van der Waals surface area contributed by atoms with Crippen LogP contribution in [0.5, 0.6) is 11.5 Å². The zero-order chi connectivity index (χ0) is 14.9. The number of aryl methyl sites for hydroxylation is 2. The minimum absolute atomic E-state index is 0.0858. The third-order valence-electron chi connectivity index (χ3n) is 3.24. The molecular formula is C16H16O4. The van der Waals surface area contributed by atoms with Crippen LogP contribution < -0.4 is 0 Å². The Labute approximate surface area is 116 Å². The Kier molecular flexibility index (Phi) is 3.66. The number of benzene rings is 2. The van der Waals surface area contributed by atoms with E-state index in [-0.39, 0.29) is 22.6 Å². The van der Waals surface area contributed by atoms with Crippen LogP contribution in [0.3, 0.4) is 0 Å². The van der Waals surface area contributed by atoms with Crippen LogP contribution in [0.25, 0.3) is 0 Å². The standard InChI is InChI=1S/C16H16O4/c1-9-3-5-11(13(17)7-9)15(16(19)20)12-6-4-10(2)8-14(12)18/h3-8,15,17-18H,1-2H3,(H,19,20). The Morgan fingerprint density at radius 3 is 1.60 bits per heavy atom. The molecule has 0 aliphatic carbocycles. The average Bonchev–Trinajstić information content (AvgIpc) is 2.34. The Morgan fingerprint density at radius 1 is 0.900 bits per heavy atom.